The van der Waals surface area contributed by atoms with E-state index in [1.807, 2.05) is 13.0 Å². The van der Waals surface area contributed by atoms with E-state index in [-0.39, 0.29) is 5.82 Å². The molecule has 5 heteroatoms. The summed E-state index contributed by atoms with van der Waals surface area (Å²) in [6.45, 7) is 1.90. The van der Waals surface area contributed by atoms with E-state index in [9.17, 15) is 4.39 Å². The van der Waals surface area contributed by atoms with Crippen molar-refractivity contribution >= 4 is 37.5 Å². The van der Waals surface area contributed by atoms with Gasteiger partial charge in [-0.3, -0.25) is 0 Å². The second-order valence-corrected chi connectivity index (χ2v) is 5.52. The van der Waals surface area contributed by atoms with Crippen molar-refractivity contribution in [2.45, 2.75) is 6.92 Å². The minimum Gasteiger partial charge on any atom is -0.455 e. The zero-order valence-corrected chi connectivity index (χ0v) is 12.7. The van der Waals surface area contributed by atoms with Gasteiger partial charge in [-0.15, -0.1) is 0 Å². The SMILES string of the molecule is Cc1cc(Oc2ccc(F)cc2Br)c(Br)cc1N. The normalized spacial score (nSPS) is 10.4. The van der Waals surface area contributed by atoms with Crippen LogP contribution >= 0.6 is 31.9 Å². The van der Waals surface area contributed by atoms with Crippen LogP contribution in [-0.4, -0.2) is 0 Å². The molecule has 0 aliphatic heterocycles. The van der Waals surface area contributed by atoms with Crippen LogP contribution in [0.1, 0.15) is 5.56 Å². The highest BCUT2D eigenvalue weighted by molar-refractivity contribution is 9.11. The summed E-state index contributed by atoms with van der Waals surface area (Å²) in [4.78, 5) is 0. The Morgan fingerprint density at radius 2 is 1.72 bits per heavy atom. The summed E-state index contributed by atoms with van der Waals surface area (Å²) < 4.78 is 20.0. The standard InChI is InChI=1S/C13H10Br2FNO/c1-7-4-13(10(15)6-11(7)17)18-12-3-2-8(16)5-9(12)14/h2-6H,17H2,1H3. The van der Waals surface area contributed by atoms with Crippen LogP contribution in [-0.2, 0) is 0 Å². The smallest absolute Gasteiger partial charge is 0.142 e. The van der Waals surface area contributed by atoms with Gasteiger partial charge in [0, 0.05) is 5.69 Å². The Morgan fingerprint density at radius 1 is 1.06 bits per heavy atom. The molecule has 0 saturated heterocycles. The second-order valence-electron chi connectivity index (χ2n) is 3.82. The highest BCUT2D eigenvalue weighted by atomic mass is 79.9. The molecule has 2 aromatic rings. The van der Waals surface area contributed by atoms with Gasteiger partial charge in [0.15, 0.2) is 0 Å². The number of anilines is 1. The molecule has 18 heavy (non-hydrogen) atoms. The third-order valence-electron chi connectivity index (χ3n) is 2.43. The van der Waals surface area contributed by atoms with Crippen LogP contribution in [0.25, 0.3) is 0 Å². The van der Waals surface area contributed by atoms with Gasteiger partial charge in [0.05, 0.1) is 8.95 Å². The van der Waals surface area contributed by atoms with Gasteiger partial charge >= 0.3 is 0 Å². The Balaban J connectivity index is 2.37. The van der Waals surface area contributed by atoms with E-state index in [0.717, 1.165) is 10.0 Å². The zero-order chi connectivity index (χ0) is 13.3. The lowest BCUT2D eigenvalue weighted by Gasteiger charge is -2.11. The molecule has 0 spiro atoms. The molecule has 0 aliphatic rings. The molecule has 2 rings (SSSR count). The maximum absolute atomic E-state index is 13.0. The number of hydrogen-bond acceptors (Lipinski definition) is 2. The van der Waals surface area contributed by atoms with Crippen LogP contribution in [0.5, 0.6) is 11.5 Å². The fraction of sp³-hybridized carbons (Fsp3) is 0.0769. The molecule has 2 N–H and O–H groups in total. The number of ether oxygens (including phenoxy) is 1. The molecular formula is C13H10Br2FNO. The number of nitrogens with two attached hydrogens (primary N) is 1. The van der Waals surface area contributed by atoms with E-state index < -0.39 is 0 Å². The summed E-state index contributed by atoms with van der Waals surface area (Å²) in [7, 11) is 0. The predicted molar refractivity (Wildman–Crippen MR) is 77.5 cm³/mol. The molecule has 2 aromatic carbocycles. The van der Waals surface area contributed by atoms with Gasteiger partial charge in [-0.25, -0.2) is 4.39 Å². The van der Waals surface area contributed by atoms with Crippen molar-refractivity contribution in [3.8, 4) is 11.5 Å². The van der Waals surface area contributed by atoms with Crippen LogP contribution in [0.15, 0.2) is 39.3 Å². The molecule has 0 aromatic heterocycles. The molecule has 0 radical (unpaired) electrons. The second kappa shape index (κ2) is 5.28. The van der Waals surface area contributed by atoms with Crippen LogP contribution in [0, 0.1) is 12.7 Å². The molecule has 0 amide bonds. The molecule has 0 unspecified atom stereocenters. The van der Waals surface area contributed by atoms with Gasteiger partial charge in [-0.2, -0.15) is 0 Å². The van der Waals surface area contributed by atoms with E-state index in [1.54, 1.807) is 12.1 Å². The van der Waals surface area contributed by atoms with Crippen LogP contribution in [0.2, 0.25) is 0 Å². The van der Waals surface area contributed by atoms with Gasteiger partial charge in [0.1, 0.15) is 17.3 Å². The van der Waals surface area contributed by atoms with Gasteiger partial charge in [-0.1, -0.05) is 0 Å². The Bertz CT molecular complexity index is 602. The maximum Gasteiger partial charge on any atom is 0.142 e. The summed E-state index contributed by atoms with van der Waals surface area (Å²) in [6.07, 6.45) is 0. The topological polar surface area (TPSA) is 35.2 Å². The highest BCUT2D eigenvalue weighted by Gasteiger charge is 2.09. The Labute approximate surface area is 121 Å². The van der Waals surface area contributed by atoms with Crippen molar-refractivity contribution in [3.63, 3.8) is 0 Å². The number of aryl methyl sites for hydroxylation is 1. The number of nitrogen functional groups attached to an aromatic ring is 1. The lowest BCUT2D eigenvalue weighted by atomic mass is 10.2. The van der Waals surface area contributed by atoms with Crippen molar-refractivity contribution in [3.05, 3.63) is 50.7 Å². The number of hydrogen-bond donors (Lipinski definition) is 1. The van der Waals surface area contributed by atoms with Crippen molar-refractivity contribution in [1.82, 2.24) is 0 Å². The summed E-state index contributed by atoms with van der Waals surface area (Å²) in [5, 5.41) is 0. The molecule has 94 valence electrons. The Hall–Kier alpha value is -1.07. The van der Waals surface area contributed by atoms with Crippen molar-refractivity contribution in [2.75, 3.05) is 5.73 Å². The number of benzene rings is 2. The predicted octanol–water partition coefficient (Wildman–Crippen LogP) is 5.03. The average molecular weight is 375 g/mol. The Kier molecular flexibility index (Phi) is 3.92. The number of halogens is 3. The number of rotatable bonds is 2. The van der Waals surface area contributed by atoms with Crippen molar-refractivity contribution in [1.29, 1.82) is 0 Å². The molecule has 0 saturated carbocycles. The van der Waals surface area contributed by atoms with E-state index >= 15 is 0 Å². The summed E-state index contributed by atoms with van der Waals surface area (Å²) in [5.74, 6) is 0.858. The monoisotopic (exact) mass is 373 g/mol. The summed E-state index contributed by atoms with van der Waals surface area (Å²) in [5.41, 5.74) is 7.40. The van der Waals surface area contributed by atoms with Crippen molar-refractivity contribution < 1.29 is 9.13 Å². The van der Waals surface area contributed by atoms with Gasteiger partial charge < -0.3 is 10.5 Å². The highest BCUT2D eigenvalue weighted by Crippen LogP contribution is 2.36. The molecule has 0 fully saturated rings. The molecular weight excluding hydrogens is 365 g/mol. The van der Waals surface area contributed by atoms with Gasteiger partial charge in [0.25, 0.3) is 0 Å². The van der Waals surface area contributed by atoms with E-state index in [1.165, 1.54) is 12.1 Å². The summed E-state index contributed by atoms with van der Waals surface area (Å²) >= 11 is 6.64. The third-order valence-corrected chi connectivity index (χ3v) is 3.67. The molecule has 0 bridgehead atoms. The lowest BCUT2D eigenvalue weighted by Crippen LogP contribution is -1.93. The van der Waals surface area contributed by atoms with E-state index in [0.29, 0.717) is 21.7 Å². The minimum absolute atomic E-state index is 0.318. The van der Waals surface area contributed by atoms with Gasteiger partial charge in [-0.05, 0) is 74.7 Å². The van der Waals surface area contributed by atoms with E-state index in [4.69, 9.17) is 10.5 Å². The quantitative estimate of drug-likeness (QED) is 0.748. The first kappa shape index (κ1) is 13.4. The average Bonchev–Trinajstić information content (AvgIpc) is 2.29. The van der Waals surface area contributed by atoms with Crippen LogP contribution in [0.4, 0.5) is 10.1 Å². The third kappa shape index (κ3) is 2.84. The fourth-order valence-electron chi connectivity index (χ4n) is 1.43. The van der Waals surface area contributed by atoms with Crippen molar-refractivity contribution in [2.24, 2.45) is 0 Å². The lowest BCUT2D eigenvalue weighted by molar-refractivity contribution is 0.474. The summed E-state index contributed by atoms with van der Waals surface area (Å²) in [6, 6.07) is 7.88. The van der Waals surface area contributed by atoms with Gasteiger partial charge in [0.2, 0.25) is 0 Å². The Morgan fingerprint density at radius 3 is 2.39 bits per heavy atom. The first-order valence-corrected chi connectivity index (χ1v) is 6.74. The van der Waals surface area contributed by atoms with Crippen LogP contribution in [0.3, 0.4) is 0 Å². The molecule has 0 atom stereocenters. The largest absolute Gasteiger partial charge is 0.455 e. The maximum atomic E-state index is 13.0. The van der Waals surface area contributed by atoms with E-state index in [2.05, 4.69) is 31.9 Å². The fourth-order valence-corrected chi connectivity index (χ4v) is 2.30. The zero-order valence-electron chi connectivity index (χ0n) is 9.51. The molecule has 2 nitrogen and oxygen atoms in total. The first-order chi connectivity index (χ1) is 8.47. The molecule has 0 aliphatic carbocycles. The van der Waals surface area contributed by atoms with Crippen LogP contribution < -0.4 is 10.5 Å². The minimum atomic E-state index is -0.318. The first-order valence-electron chi connectivity index (χ1n) is 5.16. The molecule has 0 heterocycles.